The third kappa shape index (κ3) is 4.82. The summed E-state index contributed by atoms with van der Waals surface area (Å²) in [5.74, 6) is -0.0976. The van der Waals surface area contributed by atoms with E-state index in [9.17, 15) is 18.0 Å². The molecule has 0 spiro atoms. The van der Waals surface area contributed by atoms with Crippen molar-refractivity contribution in [2.45, 2.75) is 55.5 Å². The van der Waals surface area contributed by atoms with Gasteiger partial charge in [-0.15, -0.1) is 6.58 Å². The van der Waals surface area contributed by atoms with Crippen molar-refractivity contribution in [1.29, 1.82) is 0 Å². The number of carbonyl (C=O) groups is 2. The van der Waals surface area contributed by atoms with Gasteiger partial charge in [-0.2, -0.15) is 0 Å². The monoisotopic (exact) mass is 548 g/mol. The van der Waals surface area contributed by atoms with Gasteiger partial charge in [-0.05, 0) is 44.4 Å². The zero-order valence-electron chi connectivity index (χ0n) is 20.6. The van der Waals surface area contributed by atoms with E-state index in [1.54, 1.807) is 36.4 Å². The standard InChI is InChI=1S/C25H29ClN4O6S/c1-4-15-11-25(15,23(31)29-37(33,34)18-6-7-18)28-24(32)30-13-17(9-14(30)2)36-22-20-10-16(26)5-8-19(20)21(35-3)12-27-22/h4-5,8,10,12,14-15,17-18H,1,6-7,9,11,13H2,2-3H3,(H,28,32)(H,29,31)/t14?,15-,17-,25-/m1/s1. The number of hydrogen-bond donors (Lipinski definition) is 2. The quantitative estimate of drug-likeness (QED) is 0.485. The van der Waals surface area contributed by atoms with Crippen LogP contribution in [0.3, 0.4) is 0 Å². The van der Waals surface area contributed by atoms with Crippen LogP contribution in [0.25, 0.3) is 10.8 Å². The van der Waals surface area contributed by atoms with E-state index in [4.69, 9.17) is 21.1 Å². The number of methoxy groups -OCH3 is 1. The van der Waals surface area contributed by atoms with E-state index < -0.39 is 32.8 Å². The Morgan fingerprint density at radius 2 is 2.05 bits per heavy atom. The molecule has 198 valence electrons. The zero-order chi connectivity index (χ0) is 26.5. The number of rotatable bonds is 8. The normalized spacial score (nSPS) is 27.0. The Morgan fingerprint density at radius 3 is 2.70 bits per heavy atom. The zero-order valence-corrected chi connectivity index (χ0v) is 22.1. The molecule has 3 amide bonds. The van der Waals surface area contributed by atoms with Crippen molar-refractivity contribution in [3.63, 3.8) is 0 Å². The number of urea groups is 1. The number of pyridine rings is 1. The lowest BCUT2D eigenvalue weighted by atomic mass is 10.1. The summed E-state index contributed by atoms with van der Waals surface area (Å²) in [5, 5.41) is 4.28. The summed E-state index contributed by atoms with van der Waals surface area (Å²) in [6.07, 6.45) is 4.69. The molecule has 1 unspecified atom stereocenters. The number of fused-ring (bicyclic) bond motifs is 1. The fourth-order valence-electron chi connectivity index (χ4n) is 4.91. The molecule has 0 bridgehead atoms. The summed E-state index contributed by atoms with van der Waals surface area (Å²) in [5.41, 5.74) is -1.33. The lowest BCUT2D eigenvalue weighted by molar-refractivity contribution is -0.122. The second-order valence-corrected chi connectivity index (χ2v) is 12.3. The number of halogens is 1. The molecule has 1 aliphatic heterocycles. The predicted molar refractivity (Wildman–Crippen MR) is 138 cm³/mol. The third-order valence-corrected chi connectivity index (χ3v) is 9.36. The highest BCUT2D eigenvalue weighted by atomic mass is 35.5. The Morgan fingerprint density at radius 1 is 1.30 bits per heavy atom. The van der Waals surface area contributed by atoms with E-state index in [-0.39, 0.29) is 24.6 Å². The summed E-state index contributed by atoms with van der Waals surface area (Å²) in [6.45, 7) is 5.88. The number of ether oxygens (including phenoxy) is 2. The Balaban J connectivity index is 1.29. The van der Waals surface area contributed by atoms with E-state index in [0.29, 0.717) is 47.7 Å². The Kier molecular flexibility index (Phi) is 6.47. The van der Waals surface area contributed by atoms with Crippen LogP contribution in [-0.4, -0.2) is 66.8 Å². The molecule has 2 aromatic rings. The minimum Gasteiger partial charge on any atom is -0.494 e. The van der Waals surface area contributed by atoms with Crippen molar-refractivity contribution in [2.24, 2.45) is 5.92 Å². The van der Waals surface area contributed by atoms with Gasteiger partial charge in [-0.1, -0.05) is 17.7 Å². The minimum absolute atomic E-state index is 0.186. The fourth-order valence-corrected chi connectivity index (χ4v) is 6.44. The maximum Gasteiger partial charge on any atom is 0.318 e. The number of carbonyl (C=O) groups excluding carboxylic acids is 2. The molecule has 2 heterocycles. The summed E-state index contributed by atoms with van der Waals surface area (Å²) < 4.78 is 38.4. The van der Waals surface area contributed by atoms with Crippen molar-refractivity contribution in [3.8, 4) is 11.6 Å². The lowest BCUT2D eigenvalue weighted by Crippen LogP contribution is -2.56. The van der Waals surface area contributed by atoms with E-state index in [1.165, 1.54) is 0 Å². The average molecular weight is 549 g/mol. The van der Waals surface area contributed by atoms with Crippen LogP contribution in [0.2, 0.25) is 5.02 Å². The van der Waals surface area contributed by atoms with Crippen LogP contribution in [0.15, 0.2) is 37.1 Å². The first kappa shape index (κ1) is 25.6. The van der Waals surface area contributed by atoms with Gasteiger partial charge in [0.15, 0.2) is 0 Å². The Labute approximate surface area is 220 Å². The van der Waals surface area contributed by atoms with Crippen molar-refractivity contribution >= 4 is 44.3 Å². The number of likely N-dealkylation sites (tertiary alicyclic amines) is 1. The number of amides is 3. The number of aromatic nitrogens is 1. The molecule has 3 aliphatic rings. The summed E-state index contributed by atoms with van der Waals surface area (Å²) in [7, 11) is -2.18. The highest BCUT2D eigenvalue weighted by Crippen LogP contribution is 2.45. The van der Waals surface area contributed by atoms with Gasteiger partial charge in [-0.25, -0.2) is 18.2 Å². The van der Waals surface area contributed by atoms with Crippen LogP contribution >= 0.6 is 11.6 Å². The molecule has 2 aliphatic carbocycles. The van der Waals surface area contributed by atoms with E-state index in [1.807, 2.05) is 13.0 Å². The molecule has 0 radical (unpaired) electrons. The van der Waals surface area contributed by atoms with Crippen LogP contribution < -0.4 is 19.5 Å². The maximum atomic E-state index is 13.3. The summed E-state index contributed by atoms with van der Waals surface area (Å²) >= 11 is 6.21. The first-order chi connectivity index (χ1) is 17.6. The second kappa shape index (κ2) is 9.36. The summed E-state index contributed by atoms with van der Waals surface area (Å²) in [4.78, 5) is 32.2. The van der Waals surface area contributed by atoms with Crippen LogP contribution in [0, 0.1) is 5.92 Å². The molecule has 10 nitrogen and oxygen atoms in total. The molecule has 12 heteroatoms. The summed E-state index contributed by atoms with van der Waals surface area (Å²) in [6, 6.07) is 4.70. The molecule has 1 saturated heterocycles. The highest BCUT2D eigenvalue weighted by molar-refractivity contribution is 7.91. The molecule has 5 rings (SSSR count). The molecule has 2 N–H and O–H groups in total. The number of nitrogens with one attached hydrogen (secondary N) is 2. The predicted octanol–water partition coefficient (Wildman–Crippen LogP) is 3.00. The van der Waals surface area contributed by atoms with Gasteiger partial charge in [0.05, 0.1) is 25.1 Å². The van der Waals surface area contributed by atoms with Crippen molar-refractivity contribution in [3.05, 3.63) is 42.1 Å². The van der Waals surface area contributed by atoms with Crippen LogP contribution in [0.1, 0.15) is 32.6 Å². The average Bonchev–Trinajstić information content (AvgIpc) is 3.77. The van der Waals surface area contributed by atoms with Gasteiger partial charge in [0.2, 0.25) is 15.9 Å². The number of sulfonamides is 1. The lowest BCUT2D eigenvalue weighted by Gasteiger charge is -2.26. The van der Waals surface area contributed by atoms with Crippen molar-refractivity contribution < 1.29 is 27.5 Å². The molecule has 4 atom stereocenters. The van der Waals surface area contributed by atoms with Crippen molar-refractivity contribution in [1.82, 2.24) is 19.9 Å². The molecule has 37 heavy (non-hydrogen) atoms. The second-order valence-electron chi connectivity index (χ2n) is 9.92. The molecule has 2 saturated carbocycles. The van der Waals surface area contributed by atoms with Gasteiger partial charge >= 0.3 is 6.03 Å². The highest BCUT2D eigenvalue weighted by Gasteiger charge is 2.61. The number of nitrogens with zero attached hydrogens (tertiary/aromatic N) is 2. The molecular weight excluding hydrogens is 520 g/mol. The first-order valence-corrected chi connectivity index (χ1v) is 14.1. The van der Waals surface area contributed by atoms with Gasteiger partial charge < -0.3 is 19.7 Å². The van der Waals surface area contributed by atoms with Crippen LogP contribution in [0.4, 0.5) is 4.79 Å². The fraction of sp³-hybridized carbons (Fsp3) is 0.480. The largest absolute Gasteiger partial charge is 0.494 e. The van der Waals surface area contributed by atoms with E-state index >= 15 is 0 Å². The molecule has 1 aromatic heterocycles. The Hall–Kier alpha value is -3.05. The van der Waals surface area contributed by atoms with Crippen LogP contribution in [-0.2, 0) is 14.8 Å². The Bertz CT molecular complexity index is 1380. The van der Waals surface area contributed by atoms with Crippen LogP contribution in [0.5, 0.6) is 11.6 Å². The van der Waals surface area contributed by atoms with Gasteiger partial charge in [-0.3, -0.25) is 9.52 Å². The molecular formula is C25H29ClN4O6S. The van der Waals surface area contributed by atoms with Gasteiger partial charge in [0, 0.05) is 34.2 Å². The van der Waals surface area contributed by atoms with E-state index in [0.717, 1.165) is 5.39 Å². The maximum absolute atomic E-state index is 13.3. The smallest absolute Gasteiger partial charge is 0.318 e. The topological polar surface area (TPSA) is 127 Å². The van der Waals surface area contributed by atoms with Gasteiger partial charge in [0.25, 0.3) is 5.91 Å². The SMILES string of the molecule is C=C[C@@H]1C[C@]1(NC(=O)N1C[C@H](Oc2ncc(OC)c3ccc(Cl)cc23)CC1C)C(=O)NS(=O)(=O)C1CC1. The van der Waals surface area contributed by atoms with Gasteiger partial charge in [0.1, 0.15) is 17.4 Å². The molecule has 3 fully saturated rings. The van der Waals surface area contributed by atoms with E-state index in [2.05, 4.69) is 21.6 Å². The number of hydrogen-bond acceptors (Lipinski definition) is 7. The number of benzene rings is 1. The van der Waals surface area contributed by atoms with Crippen molar-refractivity contribution in [2.75, 3.05) is 13.7 Å². The minimum atomic E-state index is -3.74. The molecule has 1 aromatic carbocycles. The first-order valence-electron chi connectivity index (χ1n) is 12.1. The third-order valence-electron chi connectivity index (χ3n) is 7.30.